The topological polar surface area (TPSA) is 84.9 Å². The van der Waals surface area contributed by atoms with Gasteiger partial charge in [-0.15, -0.1) is 0 Å². The molecule has 0 spiro atoms. The molecule has 2 N–H and O–H groups in total. The van der Waals surface area contributed by atoms with Gasteiger partial charge in [-0.3, -0.25) is 4.79 Å². The van der Waals surface area contributed by atoms with Crippen molar-refractivity contribution in [3.8, 4) is 5.75 Å². The van der Waals surface area contributed by atoms with Crippen molar-refractivity contribution >= 4 is 11.9 Å². The Morgan fingerprint density at radius 3 is 2.61 bits per heavy atom. The molecule has 1 amide bonds. The summed E-state index contributed by atoms with van der Waals surface area (Å²) in [6, 6.07) is 4.39. The minimum absolute atomic E-state index is 0.0284. The van der Waals surface area contributed by atoms with Gasteiger partial charge in [0.25, 0.3) is 0 Å². The lowest BCUT2D eigenvalue weighted by Crippen LogP contribution is -2.44. The van der Waals surface area contributed by atoms with Gasteiger partial charge in [-0.2, -0.15) is 13.2 Å². The highest BCUT2D eigenvalue weighted by atomic mass is 19.4. The van der Waals surface area contributed by atoms with E-state index in [0.29, 0.717) is 5.56 Å². The third kappa shape index (κ3) is 7.50. The maximum absolute atomic E-state index is 12.1. The molecule has 1 aromatic rings. The number of hydrogen-bond acceptors (Lipinski definition) is 4. The van der Waals surface area contributed by atoms with Gasteiger partial charge < -0.3 is 19.9 Å². The monoisotopic (exact) mass is 335 g/mol. The summed E-state index contributed by atoms with van der Waals surface area (Å²) < 4.78 is 45.5. The van der Waals surface area contributed by atoms with Crippen LogP contribution in [0, 0.1) is 0 Å². The van der Waals surface area contributed by atoms with E-state index in [4.69, 9.17) is 5.11 Å². The van der Waals surface area contributed by atoms with E-state index in [1.165, 1.54) is 31.4 Å². The number of nitrogens with one attached hydrogen (secondary N) is 1. The van der Waals surface area contributed by atoms with E-state index >= 15 is 0 Å². The second-order valence-corrected chi connectivity index (χ2v) is 4.64. The number of hydrogen-bond donors (Lipinski definition) is 2. The van der Waals surface area contributed by atoms with Crippen LogP contribution in [0.25, 0.3) is 0 Å². The largest absolute Gasteiger partial charge is 0.484 e. The van der Waals surface area contributed by atoms with E-state index < -0.39 is 30.7 Å². The van der Waals surface area contributed by atoms with Gasteiger partial charge in [0.2, 0.25) is 5.91 Å². The van der Waals surface area contributed by atoms with Gasteiger partial charge >= 0.3 is 12.1 Å². The molecule has 128 valence electrons. The van der Waals surface area contributed by atoms with E-state index in [0.717, 1.165) is 0 Å². The van der Waals surface area contributed by atoms with Crippen LogP contribution in [0.3, 0.4) is 0 Å². The maximum Gasteiger partial charge on any atom is 0.422 e. The molecule has 0 aliphatic heterocycles. The van der Waals surface area contributed by atoms with Crippen molar-refractivity contribution in [2.24, 2.45) is 0 Å². The second-order valence-electron chi connectivity index (χ2n) is 4.64. The number of alkyl halides is 3. The Labute approximate surface area is 130 Å². The van der Waals surface area contributed by atoms with E-state index in [2.05, 4.69) is 14.8 Å². The van der Waals surface area contributed by atoms with Crippen LogP contribution in [0.1, 0.15) is 5.56 Å². The average Bonchev–Trinajstić information content (AvgIpc) is 2.44. The Balaban J connectivity index is 2.62. The Hall–Kier alpha value is -2.29. The van der Waals surface area contributed by atoms with Crippen LogP contribution in [0.15, 0.2) is 24.3 Å². The normalized spacial score (nSPS) is 12.5. The average molecular weight is 335 g/mol. The number of carbonyl (C=O) groups is 2. The molecule has 0 aliphatic carbocycles. The molecule has 9 heteroatoms. The zero-order valence-corrected chi connectivity index (χ0v) is 12.2. The fourth-order valence-corrected chi connectivity index (χ4v) is 1.68. The van der Waals surface area contributed by atoms with Gasteiger partial charge in [0.15, 0.2) is 12.6 Å². The Morgan fingerprint density at radius 2 is 2.04 bits per heavy atom. The highest BCUT2D eigenvalue weighted by molar-refractivity contribution is 5.85. The first-order chi connectivity index (χ1) is 10.7. The summed E-state index contributed by atoms with van der Waals surface area (Å²) >= 11 is 0. The third-order valence-corrected chi connectivity index (χ3v) is 2.63. The molecule has 1 atom stereocenters. The summed E-state index contributed by atoms with van der Waals surface area (Å²) in [6.07, 6.45) is -4.65. The molecule has 1 unspecified atom stereocenters. The van der Waals surface area contributed by atoms with E-state index in [1.807, 2.05) is 0 Å². The van der Waals surface area contributed by atoms with Crippen LogP contribution in [-0.2, 0) is 20.7 Å². The lowest BCUT2D eigenvalue weighted by atomic mass is 10.1. The molecular weight excluding hydrogens is 319 g/mol. The highest BCUT2D eigenvalue weighted by Gasteiger charge is 2.28. The summed E-state index contributed by atoms with van der Waals surface area (Å²) in [4.78, 5) is 22.7. The summed E-state index contributed by atoms with van der Waals surface area (Å²) in [6.45, 7) is -1.63. The molecule has 0 saturated carbocycles. The highest BCUT2D eigenvalue weighted by Crippen LogP contribution is 2.19. The van der Waals surface area contributed by atoms with Gasteiger partial charge in [0.1, 0.15) is 5.75 Å². The van der Waals surface area contributed by atoms with Crippen LogP contribution >= 0.6 is 0 Å². The molecule has 0 bridgehead atoms. The number of carbonyl (C=O) groups excluding carboxylic acids is 1. The summed E-state index contributed by atoms with van der Waals surface area (Å²) in [5, 5.41) is 11.1. The number of ether oxygens (including phenoxy) is 2. The van der Waals surface area contributed by atoms with Crippen molar-refractivity contribution in [3.63, 3.8) is 0 Å². The van der Waals surface area contributed by atoms with Crippen LogP contribution < -0.4 is 10.1 Å². The maximum atomic E-state index is 12.1. The summed E-state index contributed by atoms with van der Waals surface area (Å²) in [5.74, 6) is -1.87. The lowest BCUT2D eigenvalue weighted by molar-refractivity contribution is -0.153. The van der Waals surface area contributed by atoms with Gasteiger partial charge in [-0.25, -0.2) is 4.79 Å². The second kappa shape index (κ2) is 8.37. The van der Waals surface area contributed by atoms with Gasteiger partial charge in [-0.1, -0.05) is 12.1 Å². The molecule has 0 heterocycles. The summed E-state index contributed by atoms with van der Waals surface area (Å²) in [7, 11) is 1.30. The number of rotatable bonds is 8. The number of methoxy groups -OCH3 is 1. The molecular formula is C14H16F3NO5. The Kier molecular flexibility index (Phi) is 6.83. The predicted molar refractivity (Wildman–Crippen MR) is 73.1 cm³/mol. The van der Waals surface area contributed by atoms with Crippen LogP contribution in [0.5, 0.6) is 5.75 Å². The van der Waals surface area contributed by atoms with Crippen molar-refractivity contribution in [1.29, 1.82) is 0 Å². The number of carboxylic acid groups (broad SMARTS) is 1. The SMILES string of the molecule is COCC(NC(=O)Cc1cccc(OCC(F)(F)F)c1)C(=O)O. The van der Waals surface area contributed by atoms with Crippen molar-refractivity contribution < 1.29 is 37.3 Å². The number of halogens is 3. The zero-order valence-electron chi connectivity index (χ0n) is 12.2. The summed E-state index contributed by atoms with van der Waals surface area (Å²) in [5.41, 5.74) is 0.392. The first kappa shape index (κ1) is 18.8. The molecule has 0 saturated heterocycles. The molecule has 1 aromatic carbocycles. The smallest absolute Gasteiger partial charge is 0.422 e. The minimum atomic E-state index is -4.46. The fourth-order valence-electron chi connectivity index (χ4n) is 1.68. The molecule has 0 fully saturated rings. The minimum Gasteiger partial charge on any atom is -0.484 e. The number of carboxylic acids is 1. The van der Waals surface area contributed by atoms with E-state index in [-0.39, 0.29) is 18.8 Å². The van der Waals surface area contributed by atoms with Crippen molar-refractivity contribution in [2.45, 2.75) is 18.6 Å². The fraction of sp³-hybridized carbons (Fsp3) is 0.429. The number of aliphatic carboxylic acids is 1. The van der Waals surface area contributed by atoms with Crippen LogP contribution in [0.2, 0.25) is 0 Å². The van der Waals surface area contributed by atoms with E-state index in [9.17, 15) is 22.8 Å². The van der Waals surface area contributed by atoms with Gasteiger partial charge in [-0.05, 0) is 17.7 Å². The predicted octanol–water partition coefficient (Wildman–Crippen LogP) is 1.39. The molecule has 23 heavy (non-hydrogen) atoms. The Bertz CT molecular complexity index is 547. The molecule has 0 aliphatic rings. The third-order valence-electron chi connectivity index (χ3n) is 2.63. The van der Waals surface area contributed by atoms with Crippen molar-refractivity contribution in [3.05, 3.63) is 29.8 Å². The molecule has 0 radical (unpaired) electrons. The number of amides is 1. The van der Waals surface area contributed by atoms with Crippen molar-refractivity contribution in [1.82, 2.24) is 5.32 Å². The molecule has 6 nitrogen and oxygen atoms in total. The van der Waals surface area contributed by atoms with E-state index in [1.54, 1.807) is 0 Å². The zero-order chi connectivity index (χ0) is 17.5. The van der Waals surface area contributed by atoms with Crippen molar-refractivity contribution in [2.75, 3.05) is 20.3 Å². The molecule has 0 aromatic heterocycles. The number of benzene rings is 1. The molecule has 1 rings (SSSR count). The Morgan fingerprint density at radius 1 is 1.35 bits per heavy atom. The lowest BCUT2D eigenvalue weighted by Gasteiger charge is -2.14. The first-order valence-electron chi connectivity index (χ1n) is 6.51. The van der Waals surface area contributed by atoms with Gasteiger partial charge in [0.05, 0.1) is 13.0 Å². The van der Waals surface area contributed by atoms with Crippen LogP contribution in [-0.4, -0.2) is 49.5 Å². The first-order valence-corrected chi connectivity index (χ1v) is 6.51. The quantitative estimate of drug-likeness (QED) is 0.750. The van der Waals surface area contributed by atoms with Gasteiger partial charge in [0, 0.05) is 7.11 Å². The standard InChI is InChI=1S/C14H16F3NO5/c1-22-7-11(13(20)21)18-12(19)6-9-3-2-4-10(5-9)23-8-14(15,16)17/h2-5,11H,6-8H2,1H3,(H,18,19)(H,20,21). The van der Waals surface area contributed by atoms with Crippen LogP contribution in [0.4, 0.5) is 13.2 Å².